The van der Waals surface area contributed by atoms with Crippen molar-refractivity contribution in [2.45, 2.75) is 45.4 Å². The Hall–Kier alpha value is -3.24. The quantitative estimate of drug-likeness (QED) is 0.0788. The molecule has 11 nitrogen and oxygen atoms in total. The van der Waals surface area contributed by atoms with E-state index in [9.17, 15) is 28.8 Å². The second-order valence-corrected chi connectivity index (χ2v) is 6.18. The van der Waals surface area contributed by atoms with E-state index in [0.717, 1.165) is 6.08 Å². The Morgan fingerprint density at radius 1 is 0.806 bits per heavy atom. The van der Waals surface area contributed by atoms with Crippen LogP contribution in [0.3, 0.4) is 0 Å². The van der Waals surface area contributed by atoms with Crippen molar-refractivity contribution in [1.82, 2.24) is 10.6 Å². The molecule has 0 rings (SSSR count). The smallest absolute Gasteiger partial charge is 0.330 e. The van der Waals surface area contributed by atoms with Crippen molar-refractivity contribution < 1.29 is 43.0 Å². The summed E-state index contributed by atoms with van der Waals surface area (Å²) in [4.78, 5) is 67.7. The number of ketones is 1. The molecular formula is C20H30N2O9. The molecule has 0 aliphatic heterocycles. The van der Waals surface area contributed by atoms with E-state index in [0.29, 0.717) is 19.3 Å². The number of hydrogen-bond acceptors (Lipinski definition) is 9. The minimum Gasteiger partial charge on any atom is -0.465 e. The van der Waals surface area contributed by atoms with Crippen LogP contribution in [0.1, 0.15) is 45.4 Å². The van der Waals surface area contributed by atoms with Crippen molar-refractivity contribution in [1.29, 1.82) is 0 Å². The summed E-state index contributed by atoms with van der Waals surface area (Å²) >= 11 is 0. The number of carbonyl (C=O) groups is 6. The minimum absolute atomic E-state index is 0.0265. The van der Waals surface area contributed by atoms with E-state index in [1.165, 1.54) is 0 Å². The van der Waals surface area contributed by atoms with E-state index in [2.05, 4.69) is 21.9 Å². The van der Waals surface area contributed by atoms with Gasteiger partial charge in [0, 0.05) is 32.0 Å². The number of ether oxygens (including phenoxy) is 3. The van der Waals surface area contributed by atoms with Crippen molar-refractivity contribution in [3.63, 3.8) is 0 Å². The van der Waals surface area contributed by atoms with Crippen LogP contribution in [0.15, 0.2) is 12.7 Å². The topological polar surface area (TPSA) is 154 Å². The first-order chi connectivity index (χ1) is 14.8. The second-order valence-electron chi connectivity index (χ2n) is 6.18. The van der Waals surface area contributed by atoms with Crippen LogP contribution >= 0.6 is 0 Å². The van der Waals surface area contributed by atoms with Gasteiger partial charge >= 0.3 is 17.9 Å². The molecule has 0 atom stereocenters. The van der Waals surface area contributed by atoms with Crippen LogP contribution in [0.2, 0.25) is 0 Å². The highest BCUT2D eigenvalue weighted by atomic mass is 16.6. The first-order valence-electron chi connectivity index (χ1n) is 9.98. The van der Waals surface area contributed by atoms with Crippen molar-refractivity contribution in [2.75, 3.05) is 32.9 Å². The van der Waals surface area contributed by atoms with Gasteiger partial charge < -0.3 is 24.8 Å². The number of rotatable bonds is 17. The lowest BCUT2D eigenvalue weighted by atomic mass is 10.2. The number of esters is 3. The fourth-order valence-corrected chi connectivity index (χ4v) is 2.04. The number of Topliss-reactive ketones (excluding diaryl/α,β-unsaturated/α-hetero) is 1. The zero-order valence-electron chi connectivity index (χ0n) is 17.7. The Morgan fingerprint density at radius 3 is 2.13 bits per heavy atom. The average Bonchev–Trinajstić information content (AvgIpc) is 2.75. The molecule has 0 aliphatic rings. The standard InChI is InChI=1S/C20H30N2O9/c1-3-15(23)20(28)22-10-9-21-16(24)14-19(27)29-11-7-5-6-8-18(26)31-13-12-30-17(25)4-2/h4H,2-3,5-14H2,1H3,(H,21,24)(H,22,28). The summed E-state index contributed by atoms with van der Waals surface area (Å²) in [5.74, 6) is -3.49. The second kappa shape index (κ2) is 17.6. The van der Waals surface area contributed by atoms with Gasteiger partial charge in [-0.1, -0.05) is 13.5 Å². The zero-order valence-corrected chi connectivity index (χ0v) is 17.7. The van der Waals surface area contributed by atoms with E-state index in [4.69, 9.17) is 9.47 Å². The lowest BCUT2D eigenvalue weighted by Gasteiger charge is -2.07. The average molecular weight is 442 g/mol. The molecule has 0 fully saturated rings. The highest BCUT2D eigenvalue weighted by Gasteiger charge is 2.12. The summed E-state index contributed by atoms with van der Waals surface area (Å²) in [7, 11) is 0. The molecule has 0 saturated carbocycles. The third-order valence-corrected chi connectivity index (χ3v) is 3.66. The zero-order chi connectivity index (χ0) is 23.5. The monoisotopic (exact) mass is 442 g/mol. The molecule has 2 amide bonds. The summed E-state index contributed by atoms with van der Waals surface area (Å²) in [6.45, 7) is 5.02. The van der Waals surface area contributed by atoms with E-state index in [1.54, 1.807) is 6.92 Å². The molecule has 0 aromatic carbocycles. The molecule has 2 N–H and O–H groups in total. The van der Waals surface area contributed by atoms with E-state index < -0.39 is 41.9 Å². The summed E-state index contributed by atoms with van der Waals surface area (Å²) in [6, 6.07) is 0. The molecule has 0 spiro atoms. The first-order valence-corrected chi connectivity index (χ1v) is 9.98. The molecule has 31 heavy (non-hydrogen) atoms. The van der Waals surface area contributed by atoms with Gasteiger partial charge in [-0.25, -0.2) is 4.79 Å². The molecule has 0 radical (unpaired) electrons. The number of nitrogens with one attached hydrogen (secondary N) is 2. The van der Waals surface area contributed by atoms with Crippen LogP contribution in [0.5, 0.6) is 0 Å². The number of hydrogen-bond donors (Lipinski definition) is 2. The van der Waals surface area contributed by atoms with E-state index in [1.807, 2.05) is 0 Å². The first kappa shape index (κ1) is 27.8. The highest BCUT2D eigenvalue weighted by molar-refractivity contribution is 6.36. The van der Waals surface area contributed by atoms with Crippen LogP contribution < -0.4 is 10.6 Å². The maximum atomic E-state index is 11.6. The molecule has 174 valence electrons. The lowest BCUT2D eigenvalue weighted by molar-refractivity contribution is -0.150. The van der Waals surface area contributed by atoms with Gasteiger partial charge in [0.15, 0.2) is 0 Å². The van der Waals surface area contributed by atoms with Gasteiger partial charge in [-0.2, -0.15) is 0 Å². The molecule has 0 aromatic rings. The number of carbonyl (C=O) groups excluding carboxylic acids is 6. The van der Waals surface area contributed by atoms with E-state index >= 15 is 0 Å². The molecule has 0 heterocycles. The summed E-state index contributed by atoms with van der Waals surface area (Å²) in [5.41, 5.74) is 0. The minimum atomic E-state index is -0.710. The maximum Gasteiger partial charge on any atom is 0.330 e. The largest absolute Gasteiger partial charge is 0.465 e. The Labute approximate surface area is 180 Å². The van der Waals surface area contributed by atoms with Crippen molar-refractivity contribution >= 4 is 35.5 Å². The van der Waals surface area contributed by atoms with Gasteiger partial charge in [-0.3, -0.25) is 24.0 Å². The van der Waals surface area contributed by atoms with Gasteiger partial charge in [0.05, 0.1) is 6.61 Å². The van der Waals surface area contributed by atoms with Crippen LogP contribution in [-0.4, -0.2) is 68.4 Å². The lowest BCUT2D eigenvalue weighted by Crippen LogP contribution is -2.38. The Kier molecular flexibility index (Phi) is 15.8. The van der Waals surface area contributed by atoms with Gasteiger partial charge in [0.2, 0.25) is 11.7 Å². The number of unbranched alkanes of at least 4 members (excludes halogenated alkanes) is 2. The molecule has 0 bridgehead atoms. The highest BCUT2D eigenvalue weighted by Crippen LogP contribution is 2.02. The van der Waals surface area contributed by atoms with Gasteiger partial charge in [0.25, 0.3) is 5.91 Å². The van der Waals surface area contributed by atoms with Crippen molar-refractivity contribution in [3.05, 3.63) is 12.7 Å². The van der Waals surface area contributed by atoms with Crippen LogP contribution in [0, 0.1) is 0 Å². The summed E-state index contributed by atoms with van der Waals surface area (Å²) in [5, 5.41) is 4.78. The van der Waals surface area contributed by atoms with Gasteiger partial charge in [0.1, 0.15) is 19.6 Å². The summed E-state index contributed by atoms with van der Waals surface area (Å²) in [6.07, 6.45) is 2.53. The molecule has 0 unspecified atom stereocenters. The van der Waals surface area contributed by atoms with Crippen molar-refractivity contribution in [3.8, 4) is 0 Å². The SMILES string of the molecule is C=CC(=O)OCCOC(=O)CCCCCOC(=O)CC(=O)NCCNC(=O)C(=O)CC. The summed E-state index contributed by atoms with van der Waals surface area (Å²) < 4.78 is 14.5. The van der Waals surface area contributed by atoms with Crippen LogP contribution in [-0.2, 0) is 43.0 Å². The van der Waals surface area contributed by atoms with Crippen LogP contribution in [0.25, 0.3) is 0 Å². The Balaban J connectivity index is 3.62. The molecular weight excluding hydrogens is 412 g/mol. The normalized spacial score (nSPS) is 9.84. The molecule has 0 saturated heterocycles. The molecule has 11 heteroatoms. The van der Waals surface area contributed by atoms with Crippen molar-refractivity contribution in [2.24, 2.45) is 0 Å². The maximum absolute atomic E-state index is 11.6. The van der Waals surface area contributed by atoms with Crippen LogP contribution in [0.4, 0.5) is 0 Å². The third-order valence-electron chi connectivity index (χ3n) is 3.66. The number of amides is 2. The van der Waals surface area contributed by atoms with Gasteiger partial charge in [-0.05, 0) is 19.3 Å². The predicted molar refractivity (Wildman–Crippen MR) is 107 cm³/mol. The van der Waals surface area contributed by atoms with E-state index in [-0.39, 0.29) is 45.8 Å². The Morgan fingerprint density at radius 2 is 1.45 bits per heavy atom. The fraction of sp³-hybridized carbons (Fsp3) is 0.600. The predicted octanol–water partition coefficient (Wildman–Crippen LogP) is -0.0360. The third kappa shape index (κ3) is 16.3. The van der Waals surface area contributed by atoms with Gasteiger partial charge in [-0.15, -0.1) is 0 Å². The molecule has 0 aromatic heterocycles. The Bertz CT molecular complexity index is 647. The molecule has 0 aliphatic carbocycles. The fourth-order valence-electron chi connectivity index (χ4n) is 2.04.